The molecule has 0 aliphatic carbocycles. The van der Waals surface area contributed by atoms with E-state index in [1.54, 1.807) is 0 Å². The summed E-state index contributed by atoms with van der Waals surface area (Å²) in [7, 11) is 4.00. The van der Waals surface area contributed by atoms with Crippen LogP contribution in [-0.2, 0) is 11.3 Å². The third-order valence-electron chi connectivity index (χ3n) is 6.07. The van der Waals surface area contributed by atoms with Gasteiger partial charge in [0, 0.05) is 63.9 Å². The van der Waals surface area contributed by atoms with Crippen molar-refractivity contribution in [1.29, 1.82) is 0 Å². The number of benzene rings is 1. The van der Waals surface area contributed by atoms with Crippen molar-refractivity contribution in [2.24, 2.45) is 4.99 Å². The van der Waals surface area contributed by atoms with Crippen LogP contribution in [0.15, 0.2) is 29.3 Å². The first-order valence-corrected chi connectivity index (χ1v) is 12.1. The van der Waals surface area contributed by atoms with Crippen LogP contribution >= 0.6 is 11.8 Å². The van der Waals surface area contributed by atoms with E-state index in [4.69, 9.17) is 4.74 Å². The lowest BCUT2D eigenvalue weighted by Crippen LogP contribution is -2.48. The van der Waals surface area contributed by atoms with Crippen LogP contribution in [0.5, 0.6) is 0 Å². The molecule has 1 N–H and O–H groups in total. The molecule has 0 spiro atoms. The monoisotopic (exact) mass is 418 g/mol. The van der Waals surface area contributed by atoms with Gasteiger partial charge in [0.1, 0.15) is 0 Å². The molecule has 0 atom stereocenters. The number of guanidine groups is 1. The Morgan fingerprint density at radius 2 is 1.86 bits per heavy atom. The summed E-state index contributed by atoms with van der Waals surface area (Å²) in [5, 5.41) is 3.64. The topological polar surface area (TPSA) is 40.1 Å². The zero-order valence-electron chi connectivity index (χ0n) is 18.5. The molecule has 0 unspecified atom stereocenters. The van der Waals surface area contributed by atoms with Gasteiger partial charge in [0.15, 0.2) is 5.96 Å². The molecule has 2 aliphatic rings. The number of anilines is 1. The van der Waals surface area contributed by atoms with Crippen LogP contribution in [0.3, 0.4) is 0 Å². The van der Waals surface area contributed by atoms with Crippen LogP contribution in [0, 0.1) is 0 Å². The minimum absolute atomic E-state index is 0.264. The van der Waals surface area contributed by atoms with Gasteiger partial charge in [-0.1, -0.05) is 19.1 Å². The molecule has 0 bridgehead atoms. The molecule has 0 amide bonds. The smallest absolute Gasteiger partial charge is 0.193 e. The van der Waals surface area contributed by atoms with E-state index >= 15 is 0 Å². The summed E-state index contributed by atoms with van der Waals surface area (Å²) < 4.78 is 5.86. The average molecular weight is 419 g/mol. The van der Waals surface area contributed by atoms with Crippen molar-refractivity contribution in [3.63, 3.8) is 0 Å². The summed E-state index contributed by atoms with van der Waals surface area (Å²) in [6.07, 6.45) is 6.22. The third kappa shape index (κ3) is 6.29. The van der Waals surface area contributed by atoms with E-state index in [0.29, 0.717) is 0 Å². The normalized spacial score (nSPS) is 19.8. The summed E-state index contributed by atoms with van der Waals surface area (Å²) in [5.41, 5.74) is 2.68. The number of aliphatic imine (C=N–C) groups is 1. The molecule has 6 heteroatoms. The van der Waals surface area contributed by atoms with Crippen LogP contribution in [0.1, 0.15) is 44.6 Å². The lowest BCUT2D eigenvalue weighted by atomic mass is 9.99. The van der Waals surface area contributed by atoms with Crippen molar-refractivity contribution in [3.05, 3.63) is 29.8 Å². The van der Waals surface area contributed by atoms with Crippen LogP contribution < -0.4 is 10.2 Å². The molecule has 0 radical (unpaired) electrons. The Labute approximate surface area is 181 Å². The fourth-order valence-corrected chi connectivity index (χ4v) is 5.60. The Hall–Kier alpha value is -1.40. The predicted molar refractivity (Wildman–Crippen MR) is 126 cm³/mol. The molecule has 5 nitrogen and oxygen atoms in total. The van der Waals surface area contributed by atoms with Crippen LogP contribution in [0.2, 0.25) is 0 Å². The molecule has 0 aromatic heterocycles. The van der Waals surface area contributed by atoms with Crippen LogP contribution in [0.4, 0.5) is 5.69 Å². The predicted octanol–water partition coefficient (Wildman–Crippen LogP) is 3.99. The highest BCUT2D eigenvalue weighted by molar-refractivity contribution is 8.00. The van der Waals surface area contributed by atoms with Crippen molar-refractivity contribution in [2.75, 3.05) is 57.6 Å². The molecule has 1 aromatic rings. The first-order chi connectivity index (χ1) is 14.2. The standard InChI is InChI=1S/C23H38N4OS/c1-4-29-23(12-16-28-17-13-23)19-25-22(24-2)26(3)18-20-8-10-21(11-9-20)27-14-6-5-7-15-27/h8-11H,4-7,12-19H2,1-3H3,(H,24,25). The maximum atomic E-state index is 5.60. The number of piperidine rings is 1. The second-order valence-electron chi connectivity index (χ2n) is 8.20. The first kappa shape index (κ1) is 22.3. The number of ether oxygens (including phenoxy) is 1. The van der Waals surface area contributed by atoms with Crippen LogP contribution in [-0.4, -0.2) is 68.3 Å². The molecule has 3 rings (SSSR count). The van der Waals surface area contributed by atoms with Crippen molar-refractivity contribution in [2.45, 2.75) is 50.3 Å². The molecule has 1 aromatic carbocycles. The largest absolute Gasteiger partial charge is 0.381 e. The number of hydrogen-bond donors (Lipinski definition) is 1. The summed E-state index contributed by atoms with van der Waals surface area (Å²) in [6.45, 7) is 8.17. The van der Waals surface area contributed by atoms with Gasteiger partial charge < -0.3 is 19.9 Å². The van der Waals surface area contributed by atoms with Crippen molar-refractivity contribution >= 4 is 23.4 Å². The van der Waals surface area contributed by atoms with E-state index in [9.17, 15) is 0 Å². The molecule has 29 heavy (non-hydrogen) atoms. The molecule has 2 fully saturated rings. The van der Waals surface area contributed by atoms with Crippen molar-refractivity contribution in [1.82, 2.24) is 10.2 Å². The zero-order valence-corrected chi connectivity index (χ0v) is 19.3. The maximum Gasteiger partial charge on any atom is 0.193 e. The van der Waals surface area contributed by atoms with Gasteiger partial charge in [-0.3, -0.25) is 4.99 Å². The van der Waals surface area contributed by atoms with Gasteiger partial charge in [-0.15, -0.1) is 0 Å². The van der Waals surface area contributed by atoms with Gasteiger partial charge in [-0.2, -0.15) is 11.8 Å². The van der Waals surface area contributed by atoms with Gasteiger partial charge in [0.2, 0.25) is 0 Å². The molecule has 2 aliphatic heterocycles. The minimum Gasteiger partial charge on any atom is -0.381 e. The van der Waals surface area contributed by atoms with Gasteiger partial charge in [-0.25, -0.2) is 0 Å². The highest BCUT2D eigenvalue weighted by Gasteiger charge is 2.33. The fourth-order valence-electron chi connectivity index (χ4n) is 4.36. The lowest BCUT2D eigenvalue weighted by Gasteiger charge is -2.37. The van der Waals surface area contributed by atoms with E-state index in [0.717, 1.165) is 50.9 Å². The second kappa shape index (κ2) is 11.1. The molecule has 162 valence electrons. The first-order valence-electron chi connectivity index (χ1n) is 11.1. The Bertz CT molecular complexity index is 631. The second-order valence-corrected chi connectivity index (χ2v) is 9.93. The zero-order chi connectivity index (χ0) is 20.5. The number of thioether (sulfide) groups is 1. The number of rotatable bonds is 7. The Morgan fingerprint density at radius 3 is 2.48 bits per heavy atom. The molecular formula is C23H38N4OS. The number of nitrogens with zero attached hydrogens (tertiary/aromatic N) is 3. The van der Waals surface area contributed by atoms with E-state index in [1.807, 2.05) is 7.05 Å². The fraction of sp³-hybridized carbons (Fsp3) is 0.696. The van der Waals surface area contributed by atoms with Gasteiger partial charge in [0.05, 0.1) is 0 Å². The summed E-state index contributed by atoms with van der Waals surface area (Å²) in [4.78, 5) is 9.27. The van der Waals surface area contributed by atoms with E-state index in [2.05, 4.69) is 70.1 Å². The number of hydrogen-bond acceptors (Lipinski definition) is 4. The van der Waals surface area contributed by atoms with Crippen LogP contribution in [0.25, 0.3) is 0 Å². The van der Waals surface area contributed by atoms with Crippen molar-refractivity contribution < 1.29 is 4.74 Å². The Balaban J connectivity index is 1.54. The lowest BCUT2D eigenvalue weighted by molar-refractivity contribution is 0.0780. The molecular weight excluding hydrogens is 380 g/mol. The summed E-state index contributed by atoms with van der Waals surface area (Å²) in [6, 6.07) is 9.08. The number of nitrogens with one attached hydrogen (secondary N) is 1. The molecule has 2 heterocycles. The highest BCUT2D eigenvalue weighted by Crippen LogP contribution is 2.34. The molecule has 2 saturated heterocycles. The SMILES string of the molecule is CCSC1(CNC(=NC)N(C)Cc2ccc(N3CCCCC3)cc2)CCOCC1. The van der Waals surface area contributed by atoms with Gasteiger partial charge in [0.25, 0.3) is 0 Å². The Morgan fingerprint density at radius 1 is 1.17 bits per heavy atom. The van der Waals surface area contributed by atoms with E-state index < -0.39 is 0 Å². The van der Waals surface area contributed by atoms with E-state index in [-0.39, 0.29) is 4.75 Å². The maximum absolute atomic E-state index is 5.60. The molecule has 0 saturated carbocycles. The van der Waals surface area contributed by atoms with Gasteiger partial charge in [-0.05, 0) is 55.6 Å². The Kier molecular flexibility index (Phi) is 8.54. The summed E-state index contributed by atoms with van der Waals surface area (Å²) in [5.74, 6) is 2.10. The summed E-state index contributed by atoms with van der Waals surface area (Å²) >= 11 is 2.06. The highest BCUT2D eigenvalue weighted by atomic mass is 32.2. The minimum atomic E-state index is 0.264. The van der Waals surface area contributed by atoms with Crippen molar-refractivity contribution in [3.8, 4) is 0 Å². The van der Waals surface area contributed by atoms with Gasteiger partial charge >= 0.3 is 0 Å². The average Bonchev–Trinajstić information content (AvgIpc) is 2.76. The third-order valence-corrected chi connectivity index (χ3v) is 7.53. The van der Waals surface area contributed by atoms with E-state index in [1.165, 1.54) is 43.6 Å². The quantitative estimate of drug-likeness (QED) is 0.536.